The normalized spacial score (nSPS) is 11.4. The van der Waals surface area contributed by atoms with Crippen LogP contribution in [0.15, 0.2) is 218 Å². The minimum absolute atomic E-state index is 0.491. The summed E-state index contributed by atoms with van der Waals surface area (Å²) in [7, 11) is 0. The molecule has 0 amide bonds. The van der Waals surface area contributed by atoms with E-state index in [2.05, 4.69) is 191 Å². The van der Waals surface area contributed by atoms with Crippen LogP contribution >= 0.6 is 0 Å². The van der Waals surface area contributed by atoms with Crippen molar-refractivity contribution in [2.75, 3.05) is 0 Å². The summed E-state index contributed by atoms with van der Waals surface area (Å²) in [6, 6.07) is 78.1. The molecule has 6 heteroatoms. The van der Waals surface area contributed by atoms with Gasteiger partial charge < -0.3 is 9.13 Å². The van der Waals surface area contributed by atoms with Crippen molar-refractivity contribution in [1.29, 1.82) is 5.26 Å². The lowest BCUT2D eigenvalue weighted by Gasteiger charge is -2.17. The molecule has 0 saturated carbocycles. The lowest BCUT2D eigenvalue weighted by Crippen LogP contribution is -2.02. The predicted octanol–water partition coefficient (Wildman–Crippen LogP) is 14.3. The van der Waals surface area contributed by atoms with Crippen LogP contribution < -0.4 is 0 Å². The number of aromatic nitrogens is 5. The summed E-state index contributed by atoms with van der Waals surface area (Å²) in [5, 5.41) is 14.6. The second kappa shape index (κ2) is 15.2. The van der Waals surface area contributed by atoms with Crippen molar-refractivity contribution < 1.29 is 0 Å². The number of benzene rings is 9. The van der Waals surface area contributed by atoms with E-state index in [1.54, 1.807) is 6.07 Å². The summed E-state index contributed by atoms with van der Waals surface area (Å²) in [5.41, 5.74) is 14.0. The third-order valence-corrected chi connectivity index (χ3v) is 12.2. The van der Waals surface area contributed by atoms with Crippen LogP contribution in [0.3, 0.4) is 0 Å². The van der Waals surface area contributed by atoms with E-state index in [9.17, 15) is 5.26 Å². The van der Waals surface area contributed by atoms with Gasteiger partial charge in [0.2, 0.25) is 0 Å². The summed E-state index contributed by atoms with van der Waals surface area (Å²) in [6.07, 6.45) is 0. The zero-order valence-corrected chi connectivity index (χ0v) is 34.5. The Morgan fingerprint density at radius 3 is 1.44 bits per heavy atom. The lowest BCUT2D eigenvalue weighted by molar-refractivity contribution is 1.07. The standard InChI is InChI=1S/C58H36N6/c59-37-38-15-13-20-43(35-38)57-60-56(42-31-29-40(30-32-42)39-16-3-1-4-17-39)61-58(62-57)44-33-34-45(41-18-5-2-6-19-41)54(36-44)64-51-26-12-9-23-48(51)55-52(27-14-28-53(55)64)63-49-24-10-7-21-46(49)47-22-8-11-25-50(47)63/h1-36H. The zero-order chi connectivity index (χ0) is 42.6. The van der Waals surface area contributed by atoms with Crippen LogP contribution in [0.5, 0.6) is 0 Å². The van der Waals surface area contributed by atoms with Gasteiger partial charge >= 0.3 is 0 Å². The van der Waals surface area contributed by atoms with Crippen LogP contribution in [-0.4, -0.2) is 24.1 Å². The number of nitrogens with zero attached hydrogens (tertiary/aromatic N) is 6. The molecule has 298 valence electrons. The van der Waals surface area contributed by atoms with Gasteiger partial charge in [0.15, 0.2) is 17.5 Å². The quantitative estimate of drug-likeness (QED) is 0.161. The first-order valence-corrected chi connectivity index (χ1v) is 21.3. The average molecular weight is 817 g/mol. The topological polar surface area (TPSA) is 72.3 Å². The molecule has 12 aromatic rings. The fourth-order valence-corrected chi connectivity index (χ4v) is 9.28. The Labute approximate surface area is 369 Å². The first-order chi connectivity index (χ1) is 31.7. The summed E-state index contributed by atoms with van der Waals surface area (Å²) in [5.74, 6) is 1.57. The Hall–Kier alpha value is -8.92. The molecule has 0 atom stereocenters. The molecule has 0 bridgehead atoms. The first-order valence-electron chi connectivity index (χ1n) is 21.3. The highest BCUT2D eigenvalue weighted by atomic mass is 15.0. The average Bonchev–Trinajstić information content (AvgIpc) is 3.90. The molecular weight excluding hydrogens is 781 g/mol. The van der Waals surface area contributed by atoms with Crippen molar-refractivity contribution in [2.24, 2.45) is 0 Å². The molecule has 3 aromatic heterocycles. The lowest BCUT2D eigenvalue weighted by atomic mass is 10.0. The van der Waals surface area contributed by atoms with E-state index in [1.165, 1.54) is 10.8 Å². The predicted molar refractivity (Wildman–Crippen MR) is 260 cm³/mol. The highest BCUT2D eigenvalue weighted by molar-refractivity contribution is 6.16. The largest absolute Gasteiger partial charge is 0.309 e. The number of hydrogen-bond acceptors (Lipinski definition) is 4. The first kappa shape index (κ1) is 36.9. The SMILES string of the molecule is N#Cc1cccc(-c2nc(-c3ccc(-c4ccccc4)cc3)nc(-c3ccc(-c4ccccc4)c(-n4c5ccccc5c5c(-n6c7ccccc7c7ccccc76)cccc54)c3)n2)c1. The van der Waals surface area contributed by atoms with Crippen LogP contribution in [0.4, 0.5) is 0 Å². The molecule has 3 heterocycles. The van der Waals surface area contributed by atoms with E-state index >= 15 is 0 Å². The van der Waals surface area contributed by atoms with Crippen molar-refractivity contribution in [3.63, 3.8) is 0 Å². The molecule has 9 aromatic carbocycles. The van der Waals surface area contributed by atoms with E-state index in [0.717, 1.165) is 83.2 Å². The molecule has 0 N–H and O–H groups in total. The minimum Gasteiger partial charge on any atom is -0.309 e. The molecule has 0 radical (unpaired) electrons. The van der Waals surface area contributed by atoms with Crippen LogP contribution in [0.25, 0.3) is 111 Å². The van der Waals surface area contributed by atoms with Gasteiger partial charge in [-0.05, 0) is 65.2 Å². The molecule has 6 nitrogen and oxygen atoms in total. The van der Waals surface area contributed by atoms with Gasteiger partial charge in [-0.25, -0.2) is 15.0 Å². The third-order valence-electron chi connectivity index (χ3n) is 12.2. The van der Waals surface area contributed by atoms with Crippen molar-refractivity contribution >= 4 is 43.6 Å². The smallest absolute Gasteiger partial charge is 0.164 e. The highest BCUT2D eigenvalue weighted by Crippen LogP contribution is 2.42. The van der Waals surface area contributed by atoms with E-state index in [1.807, 2.05) is 36.4 Å². The number of nitriles is 1. The van der Waals surface area contributed by atoms with E-state index in [0.29, 0.717) is 23.0 Å². The van der Waals surface area contributed by atoms with Gasteiger partial charge in [-0.1, -0.05) is 170 Å². The van der Waals surface area contributed by atoms with Crippen LogP contribution in [-0.2, 0) is 0 Å². The fraction of sp³-hybridized carbons (Fsp3) is 0. The Morgan fingerprint density at radius 1 is 0.328 bits per heavy atom. The van der Waals surface area contributed by atoms with Crippen molar-refractivity contribution in [3.8, 4) is 73.9 Å². The summed E-state index contributed by atoms with van der Waals surface area (Å²) >= 11 is 0. The van der Waals surface area contributed by atoms with Crippen molar-refractivity contribution in [1.82, 2.24) is 24.1 Å². The molecule has 12 rings (SSSR count). The molecule has 0 aliphatic rings. The molecule has 0 spiro atoms. The number of rotatable bonds is 7. The Balaban J connectivity index is 1.10. The van der Waals surface area contributed by atoms with Crippen molar-refractivity contribution in [3.05, 3.63) is 224 Å². The molecular formula is C58H36N6. The van der Waals surface area contributed by atoms with Gasteiger partial charge in [0, 0.05) is 43.8 Å². The van der Waals surface area contributed by atoms with E-state index in [4.69, 9.17) is 15.0 Å². The zero-order valence-electron chi connectivity index (χ0n) is 34.5. The molecule has 0 aliphatic carbocycles. The third kappa shape index (κ3) is 6.14. The van der Waals surface area contributed by atoms with Crippen LogP contribution in [0.1, 0.15) is 5.56 Å². The molecule has 0 aliphatic heterocycles. The number of hydrogen-bond donors (Lipinski definition) is 0. The Bertz CT molecular complexity index is 3730. The summed E-state index contributed by atoms with van der Waals surface area (Å²) in [6.45, 7) is 0. The van der Waals surface area contributed by atoms with Gasteiger partial charge in [0.25, 0.3) is 0 Å². The Kier molecular flexibility index (Phi) is 8.77. The maximum atomic E-state index is 9.84. The monoisotopic (exact) mass is 816 g/mol. The second-order valence-electron chi connectivity index (χ2n) is 15.9. The van der Waals surface area contributed by atoms with Gasteiger partial charge in [-0.3, -0.25) is 0 Å². The van der Waals surface area contributed by atoms with Crippen molar-refractivity contribution in [2.45, 2.75) is 0 Å². The maximum Gasteiger partial charge on any atom is 0.164 e. The van der Waals surface area contributed by atoms with Crippen LogP contribution in [0, 0.1) is 11.3 Å². The molecule has 0 saturated heterocycles. The van der Waals surface area contributed by atoms with Gasteiger partial charge in [-0.2, -0.15) is 5.26 Å². The second-order valence-corrected chi connectivity index (χ2v) is 15.9. The minimum atomic E-state index is 0.491. The number of fused-ring (bicyclic) bond motifs is 6. The summed E-state index contributed by atoms with van der Waals surface area (Å²) < 4.78 is 4.81. The fourth-order valence-electron chi connectivity index (χ4n) is 9.28. The van der Waals surface area contributed by atoms with Gasteiger partial charge in [-0.15, -0.1) is 0 Å². The molecule has 0 fully saturated rings. The Morgan fingerprint density at radius 2 is 0.781 bits per heavy atom. The number of para-hydroxylation sites is 3. The highest BCUT2D eigenvalue weighted by Gasteiger charge is 2.22. The van der Waals surface area contributed by atoms with Gasteiger partial charge in [0.05, 0.1) is 45.1 Å². The summed E-state index contributed by atoms with van der Waals surface area (Å²) in [4.78, 5) is 15.4. The van der Waals surface area contributed by atoms with E-state index < -0.39 is 0 Å². The maximum absolute atomic E-state index is 9.84. The molecule has 0 unspecified atom stereocenters. The van der Waals surface area contributed by atoms with Crippen LogP contribution in [0.2, 0.25) is 0 Å². The van der Waals surface area contributed by atoms with Gasteiger partial charge in [0.1, 0.15) is 0 Å². The van der Waals surface area contributed by atoms with E-state index in [-0.39, 0.29) is 0 Å². The molecule has 64 heavy (non-hydrogen) atoms.